The van der Waals surface area contributed by atoms with Gasteiger partial charge in [-0.25, -0.2) is 4.79 Å². The Morgan fingerprint density at radius 1 is 1.64 bits per heavy atom. The van der Waals surface area contributed by atoms with Crippen molar-refractivity contribution in [1.29, 1.82) is 0 Å². The van der Waals surface area contributed by atoms with Gasteiger partial charge in [-0.15, -0.1) is 5.10 Å². The average Bonchev–Trinajstić information content (AvgIpc) is 2.55. The number of rotatable bonds is 1. The topological polar surface area (TPSA) is 67.2 Å². The van der Waals surface area contributed by atoms with Gasteiger partial charge in [0.25, 0.3) is 0 Å². The summed E-state index contributed by atoms with van der Waals surface area (Å²) in [7, 11) is 0. The van der Waals surface area contributed by atoms with E-state index in [1.807, 2.05) is 0 Å². The van der Waals surface area contributed by atoms with Crippen LogP contribution in [0.5, 0.6) is 0 Å². The molecule has 11 heavy (non-hydrogen) atoms. The maximum Gasteiger partial charge on any atom is 0.341 e. The number of nitrogens with zero attached hydrogens (tertiary/aromatic N) is 3. The highest BCUT2D eigenvalue weighted by Gasteiger charge is 2.15. The average molecular weight is 168 g/mol. The van der Waals surface area contributed by atoms with Crippen LogP contribution in [0.4, 0.5) is 4.79 Å². The summed E-state index contributed by atoms with van der Waals surface area (Å²) >= 11 is 1.25. The summed E-state index contributed by atoms with van der Waals surface area (Å²) in [5.41, 5.74) is 1.36. The van der Waals surface area contributed by atoms with E-state index in [4.69, 9.17) is 0 Å². The molecular weight excluding hydrogens is 164 g/mol. The van der Waals surface area contributed by atoms with Crippen molar-refractivity contribution in [3.05, 3.63) is 11.1 Å². The van der Waals surface area contributed by atoms with E-state index in [9.17, 15) is 4.79 Å². The second-order valence-electron chi connectivity index (χ2n) is 2.01. The van der Waals surface area contributed by atoms with Gasteiger partial charge in [-0.2, -0.15) is 4.99 Å². The smallest absolute Gasteiger partial charge is 0.330 e. The molecule has 2 amide bonds. The van der Waals surface area contributed by atoms with Crippen LogP contribution in [-0.4, -0.2) is 27.9 Å². The molecule has 0 fully saturated rings. The van der Waals surface area contributed by atoms with E-state index in [1.165, 1.54) is 11.5 Å². The third-order valence-electron chi connectivity index (χ3n) is 1.30. The minimum Gasteiger partial charge on any atom is -0.330 e. The van der Waals surface area contributed by atoms with Crippen LogP contribution in [0.25, 0.3) is 0 Å². The van der Waals surface area contributed by atoms with Crippen LogP contribution >= 0.6 is 11.5 Å². The van der Waals surface area contributed by atoms with E-state index < -0.39 is 0 Å². The summed E-state index contributed by atoms with van der Waals surface area (Å²) in [4.78, 5) is 14.3. The molecule has 0 aliphatic carbocycles. The predicted molar refractivity (Wildman–Crippen MR) is 39.8 cm³/mol. The summed E-state index contributed by atoms with van der Waals surface area (Å²) in [6.45, 7) is 0.463. The van der Waals surface area contributed by atoms with Crippen LogP contribution < -0.4 is 5.32 Å². The fraction of sp³-hybridized carbons (Fsp3) is 0.200. The first-order valence-electron chi connectivity index (χ1n) is 2.99. The zero-order valence-corrected chi connectivity index (χ0v) is 6.26. The first-order valence-corrected chi connectivity index (χ1v) is 3.83. The Kier molecular flexibility index (Phi) is 1.39. The molecule has 56 valence electrons. The summed E-state index contributed by atoms with van der Waals surface area (Å²) < 4.78 is 3.66. The van der Waals surface area contributed by atoms with Gasteiger partial charge in [0.2, 0.25) is 0 Å². The molecule has 0 radical (unpaired) electrons. The first-order chi connectivity index (χ1) is 5.36. The Balaban J connectivity index is 2.31. The normalized spacial score (nSPS) is 16.4. The Hall–Kier alpha value is -1.30. The highest BCUT2D eigenvalue weighted by molar-refractivity contribution is 7.03. The SMILES string of the molecule is O=C1N=C(c2csnn2)CN1. The molecule has 0 aromatic carbocycles. The zero-order chi connectivity index (χ0) is 7.68. The largest absolute Gasteiger partial charge is 0.341 e. The van der Waals surface area contributed by atoms with Crippen LogP contribution in [-0.2, 0) is 0 Å². The zero-order valence-electron chi connectivity index (χ0n) is 5.44. The Labute approximate surface area is 66.3 Å². The number of carbonyl (C=O) groups excluding carboxylic acids is 1. The van der Waals surface area contributed by atoms with Crippen molar-refractivity contribution >= 4 is 23.3 Å². The molecule has 0 bridgehead atoms. The first kappa shape index (κ1) is 6.41. The molecule has 1 aliphatic rings. The van der Waals surface area contributed by atoms with Crippen molar-refractivity contribution in [2.75, 3.05) is 6.54 Å². The molecule has 1 aliphatic heterocycles. The van der Waals surface area contributed by atoms with Gasteiger partial charge in [-0.05, 0) is 11.5 Å². The van der Waals surface area contributed by atoms with Gasteiger partial charge in [-0.1, -0.05) is 4.49 Å². The van der Waals surface area contributed by atoms with Crippen molar-refractivity contribution < 1.29 is 4.79 Å². The molecule has 0 unspecified atom stereocenters. The minimum absolute atomic E-state index is 0.298. The molecule has 0 saturated carbocycles. The molecule has 1 N–H and O–H groups in total. The van der Waals surface area contributed by atoms with Gasteiger partial charge in [0.05, 0.1) is 12.3 Å². The van der Waals surface area contributed by atoms with Gasteiger partial charge in [-0.3, -0.25) is 0 Å². The van der Waals surface area contributed by atoms with E-state index in [1.54, 1.807) is 5.38 Å². The summed E-state index contributed by atoms with van der Waals surface area (Å²) in [6.07, 6.45) is 0. The van der Waals surface area contributed by atoms with Crippen molar-refractivity contribution in [3.63, 3.8) is 0 Å². The van der Waals surface area contributed by atoms with Gasteiger partial charge >= 0.3 is 6.03 Å². The van der Waals surface area contributed by atoms with Gasteiger partial charge in [0, 0.05) is 5.38 Å². The predicted octanol–water partition coefficient (Wildman–Crippen LogP) is 0.0504. The number of aromatic nitrogens is 2. The lowest BCUT2D eigenvalue weighted by Crippen LogP contribution is -2.17. The monoisotopic (exact) mass is 168 g/mol. The van der Waals surface area contributed by atoms with Crippen molar-refractivity contribution in [2.24, 2.45) is 4.99 Å². The van der Waals surface area contributed by atoms with E-state index in [0.717, 1.165) is 0 Å². The number of amides is 2. The number of aliphatic imine (C=N–C) groups is 1. The quantitative estimate of drug-likeness (QED) is 0.644. The van der Waals surface area contributed by atoms with E-state index in [-0.39, 0.29) is 6.03 Å². The van der Waals surface area contributed by atoms with E-state index in [2.05, 4.69) is 19.9 Å². The van der Waals surface area contributed by atoms with E-state index >= 15 is 0 Å². The molecule has 1 aromatic rings. The number of carbonyl (C=O) groups is 1. The molecule has 2 heterocycles. The highest BCUT2D eigenvalue weighted by atomic mass is 32.1. The summed E-state index contributed by atoms with van der Waals surface area (Å²) in [6, 6.07) is -0.298. The van der Waals surface area contributed by atoms with Crippen LogP contribution in [0.1, 0.15) is 5.69 Å². The molecular formula is C5H4N4OS. The molecule has 0 spiro atoms. The third kappa shape index (κ3) is 1.12. The van der Waals surface area contributed by atoms with Gasteiger partial charge in [0.15, 0.2) is 0 Å². The highest BCUT2D eigenvalue weighted by Crippen LogP contribution is 2.02. The summed E-state index contributed by atoms with van der Waals surface area (Å²) in [5.74, 6) is 0. The van der Waals surface area contributed by atoms with Crippen LogP contribution in [0, 0.1) is 0 Å². The van der Waals surface area contributed by atoms with Gasteiger partial charge in [0.1, 0.15) is 5.69 Å². The summed E-state index contributed by atoms with van der Waals surface area (Å²) in [5, 5.41) is 8.09. The van der Waals surface area contributed by atoms with Crippen molar-refractivity contribution in [3.8, 4) is 0 Å². The Morgan fingerprint density at radius 3 is 3.09 bits per heavy atom. The van der Waals surface area contributed by atoms with Gasteiger partial charge < -0.3 is 5.32 Å². The fourth-order valence-corrected chi connectivity index (χ4v) is 1.26. The molecule has 5 nitrogen and oxygen atoms in total. The van der Waals surface area contributed by atoms with Crippen LogP contribution in [0.2, 0.25) is 0 Å². The Morgan fingerprint density at radius 2 is 2.55 bits per heavy atom. The molecule has 6 heteroatoms. The maximum atomic E-state index is 10.6. The third-order valence-corrected chi connectivity index (χ3v) is 1.80. The lowest BCUT2D eigenvalue weighted by Gasteiger charge is -1.87. The van der Waals surface area contributed by atoms with E-state index in [0.29, 0.717) is 18.0 Å². The standard InChI is InChI=1S/C5H4N4OS/c10-5-6-1-3(7-5)4-2-11-9-8-4/h2H,1H2,(H,6,10). The van der Waals surface area contributed by atoms with Crippen molar-refractivity contribution in [1.82, 2.24) is 14.9 Å². The lowest BCUT2D eigenvalue weighted by molar-refractivity contribution is 0.252. The number of hydrogen-bond donors (Lipinski definition) is 1. The molecule has 1 aromatic heterocycles. The van der Waals surface area contributed by atoms with Crippen LogP contribution in [0.15, 0.2) is 10.4 Å². The van der Waals surface area contributed by atoms with Crippen molar-refractivity contribution in [2.45, 2.75) is 0 Å². The number of nitrogens with one attached hydrogen (secondary N) is 1. The molecule has 0 saturated heterocycles. The number of urea groups is 1. The van der Waals surface area contributed by atoms with Crippen LogP contribution in [0.3, 0.4) is 0 Å². The molecule has 2 rings (SSSR count). The number of hydrogen-bond acceptors (Lipinski definition) is 4. The minimum atomic E-state index is -0.298. The Bertz CT molecular complexity index is 304. The maximum absolute atomic E-state index is 10.6. The second kappa shape index (κ2) is 2.39. The second-order valence-corrected chi connectivity index (χ2v) is 2.62. The fourth-order valence-electron chi connectivity index (χ4n) is 0.799. The lowest BCUT2D eigenvalue weighted by atomic mass is 10.3. The molecule has 0 atom stereocenters.